The lowest BCUT2D eigenvalue weighted by Gasteiger charge is -2.40. The number of aromatic nitrogens is 6. The predicted molar refractivity (Wildman–Crippen MR) is 108 cm³/mol. The quantitative estimate of drug-likeness (QED) is 0.457. The molecule has 1 fully saturated rings. The highest BCUT2D eigenvalue weighted by Crippen LogP contribution is 2.43. The van der Waals surface area contributed by atoms with Gasteiger partial charge in [-0.3, -0.25) is 4.99 Å². The van der Waals surface area contributed by atoms with E-state index in [0.717, 1.165) is 40.6 Å². The van der Waals surface area contributed by atoms with Crippen LogP contribution in [0.1, 0.15) is 44.0 Å². The van der Waals surface area contributed by atoms with Gasteiger partial charge in [0.1, 0.15) is 11.2 Å². The van der Waals surface area contributed by atoms with Crippen molar-refractivity contribution in [1.29, 1.82) is 0 Å². The van der Waals surface area contributed by atoms with E-state index in [0.29, 0.717) is 0 Å². The van der Waals surface area contributed by atoms with Crippen LogP contribution in [0, 0.1) is 0 Å². The number of halogens is 1. The minimum absolute atomic E-state index is 0.153. The number of para-hydroxylation sites is 1. The average molecular weight is 392 g/mol. The highest BCUT2D eigenvalue weighted by Gasteiger charge is 2.40. The van der Waals surface area contributed by atoms with Gasteiger partial charge in [0.05, 0.1) is 16.7 Å². The molecular formula is C20H18ClN7. The Morgan fingerprint density at radius 2 is 1.96 bits per heavy atom. The molecule has 1 saturated carbocycles. The minimum Gasteiger partial charge on any atom is -0.314 e. The zero-order chi connectivity index (χ0) is 18.7. The van der Waals surface area contributed by atoms with Gasteiger partial charge < -0.3 is 4.57 Å². The molecule has 0 amide bonds. The van der Waals surface area contributed by atoms with E-state index >= 15 is 0 Å². The third-order valence-electron chi connectivity index (χ3n) is 6.03. The first-order valence-electron chi connectivity index (χ1n) is 9.64. The zero-order valence-electron chi connectivity index (χ0n) is 15.2. The highest BCUT2D eigenvalue weighted by atomic mass is 35.5. The Labute approximate surface area is 166 Å². The molecule has 1 aromatic carbocycles. The van der Waals surface area contributed by atoms with Gasteiger partial charge in [0.25, 0.3) is 0 Å². The van der Waals surface area contributed by atoms with Gasteiger partial charge in [-0.1, -0.05) is 36.6 Å². The number of nitrogens with zero attached hydrogens (tertiary/aromatic N) is 7. The monoisotopic (exact) mass is 391 g/mol. The van der Waals surface area contributed by atoms with E-state index in [1.54, 1.807) is 6.20 Å². The fourth-order valence-corrected chi connectivity index (χ4v) is 4.89. The summed E-state index contributed by atoms with van der Waals surface area (Å²) in [7, 11) is 0. The molecule has 3 aromatic heterocycles. The first kappa shape index (κ1) is 16.2. The van der Waals surface area contributed by atoms with Crippen LogP contribution in [0.25, 0.3) is 22.1 Å². The normalized spacial score (nSPS) is 20.8. The van der Waals surface area contributed by atoms with Gasteiger partial charge in [-0.05, 0) is 42.6 Å². The van der Waals surface area contributed by atoms with Gasteiger partial charge in [0.2, 0.25) is 5.28 Å². The molecule has 1 atom stereocenters. The summed E-state index contributed by atoms with van der Waals surface area (Å²) < 4.78 is 4.23. The Kier molecular flexibility index (Phi) is 3.38. The molecule has 1 spiro atoms. The number of fused-ring (bicyclic) bond motifs is 5. The van der Waals surface area contributed by atoms with E-state index in [9.17, 15) is 0 Å². The molecule has 1 aliphatic heterocycles. The van der Waals surface area contributed by atoms with Crippen molar-refractivity contribution in [1.82, 2.24) is 29.5 Å². The summed E-state index contributed by atoms with van der Waals surface area (Å²) in [6.07, 6.45) is 9.37. The standard InChI is InChI=1S/C20H18ClN7/c21-19-22-11-13-10-16-18(28-15-7-3-2-6-14(15)25-26-28)23-12-20(8-4-1-5-9-20)27(16)17(13)24-19/h2-3,6-7,10-12,18H,1,4-5,8-9H2. The maximum Gasteiger partial charge on any atom is 0.224 e. The van der Waals surface area contributed by atoms with E-state index in [1.165, 1.54) is 19.3 Å². The van der Waals surface area contributed by atoms with Gasteiger partial charge in [-0.15, -0.1) is 5.10 Å². The van der Waals surface area contributed by atoms with Crippen molar-refractivity contribution in [2.45, 2.75) is 43.8 Å². The molecule has 0 bridgehead atoms. The topological polar surface area (TPSA) is 73.8 Å². The summed E-state index contributed by atoms with van der Waals surface area (Å²) in [5.74, 6) is 0. The number of hydrogen-bond acceptors (Lipinski definition) is 5. The van der Waals surface area contributed by atoms with Crippen LogP contribution >= 0.6 is 11.6 Å². The molecule has 0 radical (unpaired) electrons. The summed E-state index contributed by atoms with van der Waals surface area (Å²) in [6, 6.07) is 10.1. The zero-order valence-corrected chi connectivity index (χ0v) is 15.9. The van der Waals surface area contributed by atoms with Gasteiger partial charge in [-0.25, -0.2) is 9.67 Å². The summed E-state index contributed by atoms with van der Waals surface area (Å²) >= 11 is 6.16. The van der Waals surface area contributed by atoms with Crippen molar-refractivity contribution in [3.63, 3.8) is 0 Å². The lowest BCUT2D eigenvalue weighted by molar-refractivity contribution is 0.270. The van der Waals surface area contributed by atoms with Gasteiger partial charge >= 0.3 is 0 Å². The van der Waals surface area contributed by atoms with E-state index in [1.807, 2.05) is 28.9 Å². The molecule has 8 heteroatoms. The molecule has 6 rings (SSSR count). The summed E-state index contributed by atoms with van der Waals surface area (Å²) in [5, 5.41) is 9.98. The van der Waals surface area contributed by atoms with Crippen molar-refractivity contribution in [2.75, 3.05) is 0 Å². The maximum absolute atomic E-state index is 6.16. The number of benzene rings is 1. The summed E-state index contributed by atoms with van der Waals surface area (Å²) in [5.41, 5.74) is 3.61. The van der Waals surface area contributed by atoms with Crippen LogP contribution in [0.2, 0.25) is 5.28 Å². The second-order valence-electron chi connectivity index (χ2n) is 7.66. The van der Waals surface area contributed by atoms with E-state index in [2.05, 4.69) is 37.1 Å². The van der Waals surface area contributed by atoms with Crippen molar-refractivity contribution in [2.24, 2.45) is 4.99 Å². The molecule has 28 heavy (non-hydrogen) atoms. The first-order chi connectivity index (χ1) is 13.8. The second kappa shape index (κ2) is 5.85. The van der Waals surface area contributed by atoms with Crippen molar-refractivity contribution >= 4 is 39.9 Å². The van der Waals surface area contributed by atoms with Crippen LogP contribution in [0.15, 0.2) is 41.5 Å². The van der Waals surface area contributed by atoms with E-state index in [-0.39, 0.29) is 17.0 Å². The average Bonchev–Trinajstić information content (AvgIpc) is 3.31. The Balaban J connectivity index is 1.63. The molecule has 140 valence electrons. The van der Waals surface area contributed by atoms with Crippen molar-refractivity contribution < 1.29 is 0 Å². The van der Waals surface area contributed by atoms with Crippen LogP contribution in [0.3, 0.4) is 0 Å². The molecule has 0 saturated heterocycles. The van der Waals surface area contributed by atoms with Crippen molar-refractivity contribution in [3.05, 3.63) is 47.5 Å². The fourth-order valence-electron chi connectivity index (χ4n) is 4.76. The Morgan fingerprint density at radius 1 is 1.11 bits per heavy atom. The second-order valence-corrected chi connectivity index (χ2v) is 8.00. The van der Waals surface area contributed by atoms with Crippen LogP contribution < -0.4 is 0 Å². The van der Waals surface area contributed by atoms with Crippen LogP contribution in [-0.2, 0) is 5.54 Å². The van der Waals surface area contributed by atoms with E-state index in [4.69, 9.17) is 16.6 Å². The van der Waals surface area contributed by atoms with Crippen LogP contribution in [0.5, 0.6) is 0 Å². The Morgan fingerprint density at radius 3 is 2.86 bits per heavy atom. The van der Waals surface area contributed by atoms with Crippen LogP contribution in [0.4, 0.5) is 0 Å². The first-order valence-corrected chi connectivity index (χ1v) is 10.0. The maximum atomic E-state index is 6.16. The third-order valence-corrected chi connectivity index (χ3v) is 6.22. The molecule has 0 N–H and O–H groups in total. The lowest BCUT2D eigenvalue weighted by atomic mass is 9.81. The smallest absolute Gasteiger partial charge is 0.224 e. The SMILES string of the molecule is Clc1ncc2cc3n(c2n1)C1(C=NC3n2nnc3ccccc32)CCCCC1. The Hall–Kier alpha value is -2.80. The van der Waals surface area contributed by atoms with Gasteiger partial charge in [0, 0.05) is 17.8 Å². The highest BCUT2D eigenvalue weighted by molar-refractivity contribution is 6.28. The summed E-state index contributed by atoms with van der Waals surface area (Å²) in [6.45, 7) is 0. The van der Waals surface area contributed by atoms with Gasteiger partial charge in [-0.2, -0.15) is 4.98 Å². The van der Waals surface area contributed by atoms with E-state index < -0.39 is 0 Å². The molecule has 2 aliphatic rings. The number of aliphatic imine (C=N–C) groups is 1. The molecule has 1 unspecified atom stereocenters. The largest absolute Gasteiger partial charge is 0.314 e. The number of rotatable bonds is 1. The Bertz CT molecular complexity index is 1230. The van der Waals surface area contributed by atoms with Crippen molar-refractivity contribution in [3.8, 4) is 0 Å². The molecular weight excluding hydrogens is 374 g/mol. The minimum atomic E-state index is -0.284. The number of hydrogen-bond donors (Lipinski definition) is 0. The fraction of sp³-hybridized carbons (Fsp3) is 0.350. The van der Waals surface area contributed by atoms with Crippen LogP contribution in [-0.4, -0.2) is 35.7 Å². The molecule has 4 heterocycles. The molecule has 7 nitrogen and oxygen atoms in total. The predicted octanol–water partition coefficient (Wildman–Crippen LogP) is 4.12. The summed E-state index contributed by atoms with van der Waals surface area (Å²) in [4.78, 5) is 13.8. The lowest BCUT2D eigenvalue weighted by Crippen LogP contribution is -2.42. The third kappa shape index (κ3) is 2.19. The molecule has 4 aromatic rings. The molecule has 1 aliphatic carbocycles. The van der Waals surface area contributed by atoms with Gasteiger partial charge in [0.15, 0.2) is 6.17 Å².